The zero-order chi connectivity index (χ0) is 15.9. The Labute approximate surface area is 128 Å². The van der Waals surface area contributed by atoms with E-state index in [4.69, 9.17) is 5.11 Å². The smallest absolute Gasteiger partial charge is 0.317 e. The Kier molecular flexibility index (Phi) is 6.69. The Bertz CT molecular complexity index is 420. The number of hydrogen-bond acceptors (Lipinski definition) is 2. The summed E-state index contributed by atoms with van der Waals surface area (Å²) in [5.74, 6) is 0. The largest absolute Gasteiger partial charge is 0.395 e. The summed E-state index contributed by atoms with van der Waals surface area (Å²) in [7, 11) is 0. The fourth-order valence-corrected chi connectivity index (χ4v) is 2.37. The standard InChI is InChI=1S/C17H28N2O2/c1-5-11-19(12-13-20)16(21)18-15(17(2,3)4)14-9-7-6-8-10-14/h6-10,15,20H,5,11-13H2,1-4H3,(H,18,21). The molecule has 4 heteroatoms. The van der Waals surface area contributed by atoms with E-state index >= 15 is 0 Å². The SMILES string of the molecule is CCCN(CCO)C(=O)NC(c1ccccc1)C(C)(C)C. The van der Waals surface area contributed by atoms with Gasteiger partial charge in [0.25, 0.3) is 0 Å². The molecule has 1 unspecified atom stereocenters. The average Bonchev–Trinajstić information content (AvgIpc) is 2.44. The number of rotatable bonds is 6. The maximum atomic E-state index is 12.5. The van der Waals surface area contributed by atoms with E-state index in [2.05, 4.69) is 26.1 Å². The summed E-state index contributed by atoms with van der Waals surface area (Å²) in [6, 6.07) is 9.83. The van der Waals surface area contributed by atoms with E-state index in [0.29, 0.717) is 13.1 Å². The van der Waals surface area contributed by atoms with Gasteiger partial charge < -0.3 is 15.3 Å². The molecule has 1 rings (SSSR count). The van der Waals surface area contributed by atoms with Crippen LogP contribution in [0.3, 0.4) is 0 Å². The summed E-state index contributed by atoms with van der Waals surface area (Å²) in [6.07, 6.45) is 0.874. The number of amides is 2. The van der Waals surface area contributed by atoms with Crippen LogP contribution in [0.15, 0.2) is 30.3 Å². The number of urea groups is 1. The fourth-order valence-electron chi connectivity index (χ4n) is 2.37. The Morgan fingerprint density at radius 2 is 1.86 bits per heavy atom. The van der Waals surface area contributed by atoms with E-state index in [1.807, 2.05) is 37.3 Å². The number of benzene rings is 1. The van der Waals surface area contributed by atoms with Crippen molar-refractivity contribution in [3.8, 4) is 0 Å². The van der Waals surface area contributed by atoms with Crippen molar-refractivity contribution in [1.82, 2.24) is 10.2 Å². The molecule has 0 aromatic heterocycles. The zero-order valence-corrected chi connectivity index (χ0v) is 13.6. The molecule has 0 fully saturated rings. The topological polar surface area (TPSA) is 52.6 Å². The number of hydrogen-bond donors (Lipinski definition) is 2. The van der Waals surface area contributed by atoms with Gasteiger partial charge in [-0.25, -0.2) is 4.79 Å². The van der Waals surface area contributed by atoms with Crippen LogP contribution in [0.5, 0.6) is 0 Å². The van der Waals surface area contributed by atoms with Crippen molar-refractivity contribution in [2.24, 2.45) is 5.41 Å². The molecule has 0 radical (unpaired) electrons. The molecular formula is C17H28N2O2. The van der Waals surface area contributed by atoms with Crippen LogP contribution in [-0.2, 0) is 0 Å². The van der Waals surface area contributed by atoms with Crippen molar-refractivity contribution in [3.63, 3.8) is 0 Å². The first-order valence-electron chi connectivity index (χ1n) is 7.61. The molecule has 0 aliphatic heterocycles. The highest BCUT2D eigenvalue weighted by Crippen LogP contribution is 2.32. The molecule has 1 atom stereocenters. The summed E-state index contributed by atoms with van der Waals surface area (Å²) in [5.41, 5.74) is 1.01. The fraction of sp³-hybridized carbons (Fsp3) is 0.588. The third-order valence-electron chi connectivity index (χ3n) is 3.42. The van der Waals surface area contributed by atoms with Gasteiger partial charge in [-0.15, -0.1) is 0 Å². The normalized spacial score (nSPS) is 12.8. The molecule has 2 N–H and O–H groups in total. The van der Waals surface area contributed by atoms with Crippen LogP contribution in [-0.4, -0.2) is 35.7 Å². The second-order valence-electron chi connectivity index (χ2n) is 6.37. The van der Waals surface area contributed by atoms with Crippen molar-refractivity contribution >= 4 is 6.03 Å². The van der Waals surface area contributed by atoms with Crippen molar-refractivity contribution in [3.05, 3.63) is 35.9 Å². The Morgan fingerprint density at radius 1 is 1.24 bits per heavy atom. The summed E-state index contributed by atoms with van der Waals surface area (Å²) in [6.45, 7) is 9.36. The van der Waals surface area contributed by atoms with Crippen LogP contribution in [0.2, 0.25) is 0 Å². The van der Waals surface area contributed by atoms with Crippen molar-refractivity contribution < 1.29 is 9.90 Å². The third-order valence-corrected chi connectivity index (χ3v) is 3.42. The maximum Gasteiger partial charge on any atom is 0.317 e. The molecule has 2 amide bonds. The first-order valence-corrected chi connectivity index (χ1v) is 7.61. The lowest BCUT2D eigenvalue weighted by Gasteiger charge is -2.34. The van der Waals surface area contributed by atoms with Gasteiger partial charge in [-0.3, -0.25) is 0 Å². The minimum absolute atomic E-state index is 0.0149. The molecule has 0 bridgehead atoms. The van der Waals surface area contributed by atoms with E-state index in [1.165, 1.54) is 0 Å². The number of aliphatic hydroxyl groups excluding tert-OH is 1. The molecule has 4 nitrogen and oxygen atoms in total. The molecule has 0 heterocycles. The van der Waals surface area contributed by atoms with Crippen molar-refractivity contribution in [1.29, 1.82) is 0 Å². The highest BCUT2D eigenvalue weighted by Gasteiger charge is 2.29. The van der Waals surface area contributed by atoms with Gasteiger partial charge >= 0.3 is 6.03 Å². The zero-order valence-electron chi connectivity index (χ0n) is 13.6. The summed E-state index contributed by atoms with van der Waals surface area (Å²) in [5, 5.41) is 12.2. The molecule has 0 saturated carbocycles. The van der Waals surface area contributed by atoms with E-state index < -0.39 is 0 Å². The minimum Gasteiger partial charge on any atom is -0.395 e. The van der Waals surface area contributed by atoms with Crippen molar-refractivity contribution in [2.45, 2.75) is 40.2 Å². The molecule has 0 aliphatic carbocycles. The lowest BCUT2D eigenvalue weighted by Crippen LogP contribution is -2.46. The first-order chi connectivity index (χ1) is 9.90. The lowest BCUT2D eigenvalue weighted by molar-refractivity contribution is 0.164. The van der Waals surface area contributed by atoms with Gasteiger partial charge in [0.05, 0.1) is 12.6 Å². The average molecular weight is 292 g/mol. The molecular weight excluding hydrogens is 264 g/mol. The van der Waals surface area contributed by atoms with Crippen LogP contribution in [0.4, 0.5) is 4.79 Å². The lowest BCUT2D eigenvalue weighted by atomic mass is 9.82. The van der Waals surface area contributed by atoms with Gasteiger partial charge in [-0.05, 0) is 17.4 Å². The molecule has 21 heavy (non-hydrogen) atoms. The molecule has 1 aromatic rings. The van der Waals surface area contributed by atoms with Crippen molar-refractivity contribution in [2.75, 3.05) is 19.7 Å². The number of nitrogens with zero attached hydrogens (tertiary/aromatic N) is 1. The van der Waals surface area contributed by atoms with E-state index in [-0.39, 0.29) is 24.1 Å². The minimum atomic E-state index is -0.116. The highest BCUT2D eigenvalue weighted by molar-refractivity contribution is 5.74. The van der Waals surface area contributed by atoms with Gasteiger partial charge in [0.2, 0.25) is 0 Å². The maximum absolute atomic E-state index is 12.5. The number of carbonyl (C=O) groups is 1. The molecule has 0 aliphatic rings. The number of carbonyl (C=O) groups excluding carboxylic acids is 1. The second-order valence-corrected chi connectivity index (χ2v) is 6.37. The van der Waals surface area contributed by atoms with Crippen LogP contribution in [0.25, 0.3) is 0 Å². The Hall–Kier alpha value is -1.55. The molecule has 1 aromatic carbocycles. The predicted octanol–water partition coefficient (Wildman–Crippen LogP) is 3.19. The molecule has 0 spiro atoms. The Morgan fingerprint density at radius 3 is 2.33 bits per heavy atom. The van der Waals surface area contributed by atoms with Crippen LogP contribution >= 0.6 is 0 Å². The third kappa shape index (κ3) is 5.38. The van der Waals surface area contributed by atoms with Gasteiger partial charge in [-0.1, -0.05) is 58.0 Å². The number of aliphatic hydroxyl groups is 1. The van der Waals surface area contributed by atoms with Gasteiger partial charge in [0, 0.05) is 13.1 Å². The van der Waals surface area contributed by atoms with Gasteiger partial charge in [0.15, 0.2) is 0 Å². The number of nitrogens with one attached hydrogen (secondary N) is 1. The molecule has 118 valence electrons. The van der Waals surface area contributed by atoms with E-state index in [1.54, 1.807) is 4.90 Å². The van der Waals surface area contributed by atoms with Gasteiger partial charge in [-0.2, -0.15) is 0 Å². The van der Waals surface area contributed by atoms with E-state index in [0.717, 1.165) is 12.0 Å². The summed E-state index contributed by atoms with van der Waals surface area (Å²) >= 11 is 0. The van der Waals surface area contributed by atoms with Crippen LogP contribution < -0.4 is 5.32 Å². The second kappa shape index (κ2) is 8.03. The van der Waals surface area contributed by atoms with E-state index in [9.17, 15) is 4.79 Å². The molecule has 0 saturated heterocycles. The highest BCUT2D eigenvalue weighted by atomic mass is 16.3. The Balaban J connectivity index is 2.89. The van der Waals surface area contributed by atoms with Gasteiger partial charge in [0.1, 0.15) is 0 Å². The summed E-state index contributed by atoms with van der Waals surface area (Å²) < 4.78 is 0. The predicted molar refractivity (Wildman–Crippen MR) is 86.1 cm³/mol. The quantitative estimate of drug-likeness (QED) is 0.846. The van der Waals surface area contributed by atoms with Crippen LogP contribution in [0.1, 0.15) is 45.7 Å². The van der Waals surface area contributed by atoms with Crippen LogP contribution in [0, 0.1) is 5.41 Å². The first kappa shape index (κ1) is 17.5. The summed E-state index contributed by atoms with van der Waals surface area (Å²) in [4.78, 5) is 14.1. The monoisotopic (exact) mass is 292 g/mol.